The molecule has 0 aliphatic carbocycles. The molecule has 15 aromatic carbocycles. The van der Waals surface area contributed by atoms with E-state index in [1.165, 1.54) is 131 Å². The van der Waals surface area contributed by atoms with Gasteiger partial charge in [0, 0.05) is 21.5 Å². The summed E-state index contributed by atoms with van der Waals surface area (Å²) in [5.41, 5.74) is 18.2. The van der Waals surface area contributed by atoms with E-state index in [1.807, 2.05) is 12.1 Å². The summed E-state index contributed by atoms with van der Waals surface area (Å²) in [5.74, 6) is 0. The molecule has 0 spiro atoms. The minimum Gasteiger partial charge on any atom is -0.456 e. The fraction of sp³-hybridized carbons (Fsp3) is 0. The molecule has 0 atom stereocenters. The maximum atomic E-state index is 6.27. The number of para-hydroxylation sites is 2. The van der Waals surface area contributed by atoms with E-state index in [0.717, 1.165) is 43.9 Å². The van der Waals surface area contributed by atoms with E-state index >= 15 is 0 Å². The van der Waals surface area contributed by atoms with Gasteiger partial charge in [-0.25, -0.2) is 0 Å². The Hall–Kier alpha value is -10.5. The van der Waals surface area contributed by atoms with Crippen molar-refractivity contribution in [3.8, 4) is 66.8 Å². The summed E-state index contributed by atoms with van der Waals surface area (Å²) < 4.78 is 12.5. The first-order valence-electron chi connectivity index (χ1n) is 27.5. The maximum Gasteiger partial charge on any atom is 0.135 e. The SMILES string of the molecule is c1cc(-c2cccc3cc(-c4ccc5c(-c6c7ccccc7c(-c7ccc8oc9ccccc9c8c7)c7ccccc67)cccc5c4)ccc23)cc(-c2c3ccccc3c(-c3ccc4oc5ccccc5c4c3)c3ccccc23)c1. The molecule has 0 unspecified atom stereocenters. The van der Waals surface area contributed by atoms with E-state index in [2.05, 4.69) is 267 Å². The second-order valence-corrected chi connectivity index (χ2v) is 21.4. The molecule has 80 heavy (non-hydrogen) atoms. The highest BCUT2D eigenvalue weighted by molar-refractivity contribution is 6.25. The predicted octanol–water partition coefficient (Wildman–Crippen LogP) is 22.4. The number of hydrogen-bond acceptors (Lipinski definition) is 2. The third kappa shape index (κ3) is 6.79. The van der Waals surface area contributed by atoms with Gasteiger partial charge >= 0.3 is 0 Å². The summed E-state index contributed by atoms with van der Waals surface area (Å²) >= 11 is 0. The lowest BCUT2D eigenvalue weighted by Gasteiger charge is -2.19. The van der Waals surface area contributed by atoms with Gasteiger partial charge < -0.3 is 8.83 Å². The zero-order chi connectivity index (χ0) is 52.4. The average Bonchev–Trinajstić information content (AvgIpc) is 4.22. The van der Waals surface area contributed by atoms with Crippen LogP contribution >= 0.6 is 0 Å². The Kier molecular flexibility index (Phi) is 9.75. The van der Waals surface area contributed by atoms with E-state index < -0.39 is 0 Å². The molecule has 0 bridgehead atoms. The zero-order valence-corrected chi connectivity index (χ0v) is 43.4. The normalized spacial score (nSPS) is 12.0. The van der Waals surface area contributed by atoms with Gasteiger partial charge in [0.05, 0.1) is 0 Å². The predicted molar refractivity (Wildman–Crippen MR) is 339 cm³/mol. The Labute approximate surface area is 460 Å². The van der Waals surface area contributed by atoms with Crippen LogP contribution in [0.3, 0.4) is 0 Å². The lowest BCUT2D eigenvalue weighted by atomic mass is 9.84. The molecule has 0 N–H and O–H groups in total. The lowest BCUT2D eigenvalue weighted by Crippen LogP contribution is -1.92. The van der Waals surface area contributed by atoms with Gasteiger partial charge in [-0.15, -0.1) is 0 Å². The first kappa shape index (κ1) is 44.6. The number of hydrogen-bond donors (Lipinski definition) is 0. The van der Waals surface area contributed by atoms with Gasteiger partial charge in [-0.2, -0.15) is 0 Å². The number of furan rings is 2. The van der Waals surface area contributed by atoms with Gasteiger partial charge in [0.15, 0.2) is 0 Å². The van der Waals surface area contributed by atoms with E-state index in [4.69, 9.17) is 8.83 Å². The molecule has 0 aliphatic heterocycles. The number of benzene rings is 15. The molecule has 0 radical (unpaired) electrons. The van der Waals surface area contributed by atoms with Crippen LogP contribution < -0.4 is 0 Å². The van der Waals surface area contributed by atoms with Crippen molar-refractivity contribution in [2.45, 2.75) is 0 Å². The second kappa shape index (κ2) is 17.5. The van der Waals surface area contributed by atoms with Crippen LogP contribution in [0.15, 0.2) is 288 Å². The molecule has 0 aliphatic rings. The van der Waals surface area contributed by atoms with E-state index in [-0.39, 0.29) is 0 Å². The van der Waals surface area contributed by atoms with Gasteiger partial charge in [0.1, 0.15) is 22.3 Å². The van der Waals surface area contributed by atoms with Crippen LogP contribution in [0, 0.1) is 0 Å². The highest BCUT2D eigenvalue weighted by atomic mass is 16.3. The quantitative estimate of drug-likeness (QED) is 0.155. The molecule has 2 nitrogen and oxygen atoms in total. The molecule has 0 fully saturated rings. The van der Waals surface area contributed by atoms with Crippen LogP contribution in [0.2, 0.25) is 0 Å². The standard InChI is InChI=1S/C78H46O2/c1-3-24-63-61(22-1)75(62-23-2-4-25-64(62)76(63)53-36-40-73-69(45-53)58-20-9-11-32-71(58)79-73)52-19-13-16-51(44-52)55-30-14-17-49-42-47(34-38-56(49)55)48-35-39-57-50(43-48)18-15-31-60(57)78-67-28-7-5-26-65(67)77(66-27-6-8-29-68(66)78)54-37-41-74-70(46-54)59-21-10-12-33-72(59)80-74/h1-46H. The van der Waals surface area contributed by atoms with Gasteiger partial charge in [-0.1, -0.05) is 224 Å². The van der Waals surface area contributed by atoms with Crippen molar-refractivity contribution < 1.29 is 8.83 Å². The first-order valence-corrected chi connectivity index (χ1v) is 27.5. The van der Waals surface area contributed by atoms with Crippen molar-refractivity contribution >= 4 is 109 Å². The van der Waals surface area contributed by atoms with Crippen molar-refractivity contribution in [2.24, 2.45) is 0 Å². The van der Waals surface area contributed by atoms with Crippen LogP contribution in [-0.4, -0.2) is 0 Å². The Bertz CT molecular complexity index is 5320. The summed E-state index contributed by atoms with van der Waals surface area (Å²) in [6.07, 6.45) is 0. The van der Waals surface area contributed by atoms with E-state index in [1.54, 1.807) is 0 Å². The van der Waals surface area contributed by atoms with Crippen molar-refractivity contribution in [1.82, 2.24) is 0 Å². The Morgan fingerprint density at radius 3 is 0.963 bits per heavy atom. The fourth-order valence-corrected chi connectivity index (χ4v) is 13.5. The molecule has 370 valence electrons. The maximum absolute atomic E-state index is 6.27. The zero-order valence-electron chi connectivity index (χ0n) is 43.4. The fourth-order valence-electron chi connectivity index (χ4n) is 13.5. The minimum absolute atomic E-state index is 0.904. The Balaban J connectivity index is 0.750. The Morgan fingerprint density at radius 2 is 0.500 bits per heavy atom. The van der Waals surface area contributed by atoms with Crippen LogP contribution in [-0.2, 0) is 0 Å². The number of rotatable bonds is 6. The molecule has 17 rings (SSSR count). The largest absolute Gasteiger partial charge is 0.456 e. The second-order valence-electron chi connectivity index (χ2n) is 21.4. The van der Waals surface area contributed by atoms with Crippen molar-refractivity contribution in [1.29, 1.82) is 0 Å². The molecule has 2 heterocycles. The summed E-state index contributed by atoms with van der Waals surface area (Å²) in [6.45, 7) is 0. The molecule has 0 saturated heterocycles. The third-order valence-electron chi connectivity index (χ3n) is 17.0. The van der Waals surface area contributed by atoms with Gasteiger partial charge in [0.2, 0.25) is 0 Å². The molecule has 0 saturated carbocycles. The van der Waals surface area contributed by atoms with Crippen LogP contribution in [0.5, 0.6) is 0 Å². The highest BCUT2D eigenvalue weighted by Gasteiger charge is 2.22. The summed E-state index contributed by atoms with van der Waals surface area (Å²) in [7, 11) is 0. The van der Waals surface area contributed by atoms with Crippen LogP contribution in [0.1, 0.15) is 0 Å². The molecule has 2 heteroatoms. The topological polar surface area (TPSA) is 26.3 Å². The molecular formula is C78H46O2. The van der Waals surface area contributed by atoms with Gasteiger partial charge in [-0.3, -0.25) is 0 Å². The van der Waals surface area contributed by atoms with Gasteiger partial charge in [0.25, 0.3) is 0 Å². The molecule has 2 aromatic heterocycles. The highest BCUT2D eigenvalue weighted by Crippen LogP contribution is 2.49. The molecule has 17 aromatic rings. The van der Waals surface area contributed by atoms with Gasteiger partial charge in [-0.05, 0) is 186 Å². The van der Waals surface area contributed by atoms with Crippen molar-refractivity contribution in [3.63, 3.8) is 0 Å². The first-order chi connectivity index (χ1) is 39.7. The van der Waals surface area contributed by atoms with Crippen LogP contribution in [0.25, 0.3) is 175 Å². The van der Waals surface area contributed by atoms with E-state index in [9.17, 15) is 0 Å². The molecular weight excluding hydrogens is 969 g/mol. The smallest absolute Gasteiger partial charge is 0.135 e. The number of fused-ring (bicyclic) bond motifs is 12. The van der Waals surface area contributed by atoms with Crippen molar-refractivity contribution in [2.75, 3.05) is 0 Å². The monoisotopic (exact) mass is 1010 g/mol. The van der Waals surface area contributed by atoms with E-state index in [0.29, 0.717) is 0 Å². The average molecular weight is 1020 g/mol. The van der Waals surface area contributed by atoms with Crippen molar-refractivity contribution in [3.05, 3.63) is 279 Å². The molecule has 0 amide bonds. The Morgan fingerprint density at radius 1 is 0.163 bits per heavy atom. The third-order valence-corrected chi connectivity index (χ3v) is 17.0. The lowest BCUT2D eigenvalue weighted by molar-refractivity contribution is 0.668. The van der Waals surface area contributed by atoms with Crippen LogP contribution in [0.4, 0.5) is 0 Å². The summed E-state index contributed by atoms with van der Waals surface area (Å²) in [6, 6.07) is 102. The summed E-state index contributed by atoms with van der Waals surface area (Å²) in [4.78, 5) is 0. The summed E-state index contributed by atoms with van der Waals surface area (Å²) in [5, 5.41) is 19.3. The minimum atomic E-state index is 0.904.